The molecule has 2 rings (SSSR count). The Labute approximate surface area is 74.8 Å². The lowest BCUT2D eigenvalue weighted by Gasteiger charge is -2.02. The minimum absolute atomic E-state index is 0.669. The highest BCUT2D eigenvalue weighted by Crippen LogP contribution is 2.07. The van der Waals surface area contributed by atoms with Gasteiger partial charge < -0.3 is 0 Å². The fourth-order valence-electron chi connectivity index (χ4n) is 1.50. The largest absolute Gasteiger partial charge is 0.0932 e. The van der Waals surface area contributed by atoms with E-state index in [9.17, 15) is 0 Å². The zero-order valence-electron chi connectivity index (χ0n) is 6.98. The number of rotatable bonds is 2. The quantitative estimate of drug-likeness (QED) is 0.600. The van der Waals surface area contributed by atoms with Crippen molar-refractivity contribution in [1.29, 1.82) is 0 Å². The van der Waals surface area contributed by atoms with Crippen LogP contribution in [0.3, 0.4) is 0 Å². The second-order valence-electron chi connectivity index (χ2n) is 3.12. The molecule has 0 amide bonds. The van der Waals surface area contributed by atoms with E-state index >= 15 is 0 Å². The van der Waals surface area contributed by atoms with Crippen molar-refractivity contribution in [3.63, 3.8) is 0 Å². The first-order valence-corrected chi connectivity index (χ1v) is 6.49. The molecule has 1 aliphatic rings. The molecule has 1 aromatic carbocycles. The van der Waals surface area contributed by atoms with E-state index in [0.717, 1.165) is 0 Å². The van der Waals surface area contributed by atoms with Crippen LogP contribution in [0.4, 0.5) is 0 Å². The van der Waals surface area contributed by atoms with Crippen LogP contribution in [0, 0.1) is 0 Å². The van der Waals surface area contributed by atoms with Gasteiger partial charge in [-0.1, -0.05) is 59.4 Å². The Morgan fingerprint density at radius 3 is 2.25 bits per heavy atom. The number of benzene rings is 1. The van der Waals surface area contributed by atoms with Gasteiger partial charge in [-0.05, 0) is 6.04 Å². The average Bonchev–Trinajstić information content (AvgIpc) is 2.59. The highest BCUT2D eigenvalue weighted by molar-refractivity contribution is 6.69. The SMILES string of the molecule is C1=C[SiH](Cc2ccccc2)C=C1. The van der Waals surface area contributed by atoms with E-state index < -0.39 is 8.80 Å². The molecule has 0 fully saturated rings. The van der Waals surface area contributed by atoms with Crippen molar-refractivity contribution in [2.45, 2.75) is 6.04 Å². The summed E-state index contributed by atoms with van der Waals surface area (Å²) in [6.07, 6.45) is 4.36. The summed E-state index contributed by atoms with van der Waals surface area (Å²) in [5.74, 6) is 0. The average molecular weight is 172 g/mol. The smallest absolute Gasteiger partial charge is 0.0894 e. The predicted molar refractivity (Wildman–Crippen MR) is 55.6 cm³/mol. The highest BCUT2D eigenvalue weighted by Gasteiger charge is 2.05. The first kappa shape index (κ1) is 7.56. The van der Waals surface area contributed by atoms with Gasteiger partial charge in [0.25, 0.3) is 0 Å². The zero-order chi connectivity index (χ0) is 8.23. The zero-order valence-corrected chi connectivity index (χ0v) is 8.14. The highest BCUT2D eigenvalue weighted by atomic mass is 28.3. The van der Waals surface area contributed by atoms with E-state index in [-0.39, 0.29) is 0 Å². The van der Waals surface area contributed by atoms with E-state index in [1.165, 1.54) is 11.6 Å². The van der Waals surface area contributed by atoms with Gasteiger partial charge in [-0.3, -0.25) is 0 Å². The Hall–Kier alpha value is -1.08. The monoisotopic (exact) mass is 172 g/mol. The summed E-state index contributed by atoms with van der Waals surface area (Å²) < 4.78 is 0. The first-order chi connectivity index (χ1) is 5.95. The van der Waals surface area contributed by atoms with Crippen molar-refractivity contribution in [3.05, 3.63) is 59.4 Å². The molecule has 0 nitrogen and oxygen atoms in total. The molecule has 0 aliphatic carbocycles. The third kappa shape index (κ3) is 1.74. The molecule has 0 spiro atoms. The molecule has 1 heteroatoms. The maximum absolute atomic E-state index is 2.38. The fourth-order valence-corrected chi connectivity index (χ4v) is 3.54. The van der Waals surface area contributed by atoms with Crippen molar-refractivity contribution in [1.82, 2.24) is 0 Å². The lowest BCUT2D eigenvalue weighted by molar-refractivity contribution is 1.38. The van der Waals surface area contributed by atoms with Gasteiger partial charge in [0.2, 0.25) is 0 Å². The summed E-state index contributed by atoms with van der Waals surface area (Å²) in [7, 11) is -0.669. The molecule has 0 atom stereocenters. The van der Waals surface area contributed by atoms with Gasteiger partial charge in [-0.15, -0.1) is 0 Å². The van der Waals surface area contributed by atoms with Crippen molar-refractivity contribution in [2.24, 2.45) is 0 Å². The Balaban J connectivity index is 2.04. The van der Waals surface area contributed by atoms with Crippen LogP contribution in [0.2, 0.25) is 0 Å². The lowest BCUT2D eigenvalue weighted by Crippen LogP contribution is -2.08. The molecule has 12 heavy (non-hydrogen) atoms. The maximum Gasteiger partial charge on any atom is 0.0894 e. The standard InChI is InChI=1S/C11H12Si/c1-2-6-11(7-3-1)10-12-8-4-5-9-12/h1-9,12H,10H2. The Kier molecular flexibility index (Phi) is 2.23. The topological polar surface area (TPSA) is 0 Å². The third-order valence-electron chi connectivity index (χ3n) is 2.14. The van der Waals surface area contributed by atoms with Crippen LogP contribution in [0.1, 0.15) is 5.56 Å². The van der Waals surface area contributed by atoms with E-state index in [0.29, 0.717) is 0 Å². The van der Waals surface area contributed by atoms with Crippen molar-refractivity contribution >= 4 is 8.80 Å². The van der Waals surface area contributed by atoms with Gasteiger partial charge >= 0.3 is 0 Å². The van der Waals surface area contributed by atoms with Gasteiger partial charge in [0, 0.05) is 0 Å². The second-order valence-corrected chi connectivity index (χ2v) is 5.63. The van der Waals surface area contributed by atoms with Gasteiger partial charge in [0.05, 0.1) is 8.80 Å². The van der Waals surface area contributed by atoms with Crippen molar-refractivity contribution < 1.29 is 0 Å². The van der Waals surface area contributed by atoms with Crippen LogP contribution in [0.5, 0.6) is 0 Å². The molecule has 0 saturated carbocycles. The molecule has 0 bridgehead atoms. The van der Waals surface area contributed by atoms with Gasteiger partial charge in [0.15, 0.2) is 0 Å². The Bertz CT molecular complexity index is 286. The number of hydrogen-bond acceptors (Lipinski definition) is 0. The summed E-state index contributed by atoms with van der Waals surface area (Å²) in [6.45, 7) is 0. The van der Waals surface area contributed by atoms with E-state index in [2.05, 4.69) is 53.9 Å². The van der Waals surface area contributed by atoms with Crippen LogP contribution in [0.15, 0.2) is 53.9 Å². The summed E-state index contributed by atoms with van der Waals surface area (Å²) in [5.41, 5.74) is 6.24. The van der Waals surface area contributed by atoms with Crippen LogP contribution in [-0.2, 0) is 6.04 Å². The van der Waals surface area contributed by atoms with E-state index in [1.54, 1.807) is 0 Å². The first-order valence-electron chi connectivity index (χ1n) is 4.34. The van der Waals surface area contributed by atoms with Crippen LogP contribution >= 0.6 is 0 Å². The van der Waals surface area contributed by atoms with E-state index in [1.807, 2.05) is 0 Å². The van der Waals surface area contributed by atoms with Crippen LogP contribution < -0.4 is 0 Å². The normalized spacial score (nSPS) is 15.7. The molecule has 1 aromatic rings. The van der Waals surface area contributed by atoms with Crippen LogP contribution in [0.25, 0.3) is 0 Å². The molecule has 0 radical (unpaired) electrons. The molecule has 0 aromatic heterocycles. The Morgan fingerprint density at radius 1 is 0.917 bits per heavy atom. The van der Waals surface area contributed by atoms with Gasteiger partial charge in [-0.25, -0.2) is 0 Å². The van der Waals surface area contributed by atoms with Crippen molar-refractivity contribution in [2.75, 3.05) is 0 Å². The molecular formula is C11H12Si. The minimum atomic E-state index is -0.669. The fraction of sp³-hybridized carbons (Fsp3) is 0.0909. The molecule has 60 valence electrons. The molecule has 0 N–H and O–H groups in total. The third-order valence-corrected chi connectivity index (χ3v) is 4.52. The van der Waals surface area contributed by atoms with E-state index in [4.69, 9.17) is 0 Å². The lowest BCUT2D eigenvalue weighted by atomic mass is 10.2. The van der Waals surface area contributed by atoms with Gasteiger partial charge in [-0.2, -0.15) is 0 Å². The maximum atomic E-state index is 2.38. The summed E-state index contributed by atoms with van der Waals surface area (Å²) in [5, 5.41) is 0. The van der Waals surface area contributed by atoms with Crippen molar-refractivity contribution in [3.8, 4) is 0 Å². The molecule has 0 unspecified atom stereocenters. The Morgan fingerprint density at radius 2 is 1.58 bits per heavy atom. The predicted octanol–water partition coefficient (Wildman–Crippen LogP) is 2.20. The second kappa shape index (κ2) is 3.54. The van der Waals surface area contributed by atoms with Crippen LogP contribution in [-0.4, -0.2) is 8.80 Å². The number of allylic oxidation sites excluding steroid dienone is 2. The molecule has 1 aliphatic heterocycles. The summed E-state index contributed by atoms with van der Waals surface area (Å²) >= 11 is 0. The molecule has 0 saturated heterocycles. The summed E-state index contributed by atoms with van der Waals surface area (Å²) in [4.78, 5) is 0. The molecular weight excluding hydrogens is 160 g/mol. The summed E-state index contributed by atoms with van der Waals surface area (Å²) in [6, 6.07) is 12.0. The van der Waals surface area contributed by atoms with Gasteiger partial charge in [0.1, 0.15) is 0 Å². The minimum Gasteiger partial charge on any atom is -0.0932 e. The molecule has 1 heterocycles. The number of hydrogen-bond donors (Lipinski definition) is 0.